The van der Waals surface area contributed by atoms with Gasteiger partial charge in [0.05, 0.1) is 33.7 Å². The first-order valence-electron chi connectivity index (χ1n) is 8.52. The minimum atomic E-state index is -0.0747. The molecule has 2 aromatic heterocycles. The van der Waals surface area contributed by atoms with Crippen molar-refractivity contribution < 1.29 is 5.11 Å². The van der Waals surface area contributed by atoms with E-state index in [0.29, 0.717) is 28.6 Å². The maximum Gasteiger partial charge on any atom is 0.120 e. The van der Waals surface area contributed by atoms with Gasteiger partial charge in [0.1, 0.15) is 11.6 Å². The molecule has 0 bridgehead atoms. The molecular formula is C19H20Cl2N4O. The first kappa shape index (κ1) is 17.4. The molecule has 1 atom stereocenters. The van der Waals surface area contributed by atoms with Crippen LogP contribution >= 0.6 is 23.2 Å². The van der Waals surface area contributed by atoms with Crippen LogP contribution in [0.1, 0.15) is 38.1 Å². The molecule has 1 aliphatic heterocycles. The van der Waals surface area contributed by atoms with E-state index in [0.717, 1.165) is 17.1 Å². The van der Waals surface area contributed by atoms with Gasteiger partial charge in [-0.05, 0) is 32.9 Å². The Morgan fingerprint density at radius 2 is 1.96 bits per heavy atom. The van der Waals surface area contributed by atoms with Crippen LogP contribution in [0.25, 0.3) is 11.3 Å². The molecule has 7 heteroatoms. The second-order valence-electron chi connectivity index (χ2n) is 7.71. The highest BCUT2D eigenvalue weighted by Gasteiger charge is 2.31. The molecule has 136 valence electrons. The van der Waals surface area contributed by atoms with Gasteiger partial charge < -0.3 is 9.67 Å². The van der Waals surface area contributed by atoms with Crippen LogP contribution in [-0.2, 0) is 18.5 Å². The average molecular weight is 391 g/mol. The smallest absolute Gasteiger partial charge is 0.120 e. The molecule has 5 nitrogen and oxygen atoms in total. The van der Waals surface area contributed by atoms with Crippen LogP contribution in [0.5, 0.6) is 5.75 Å². The first-order valence-corrected chi connectivity index (χ1v) is 9.28. The van der Waals surface area contributed by atoms with Crippen molar-refractivity contribution in [3.8, 4) is 17.0 Å². The Morgan fingerprint density at radius 1 is 1.19 bits per heavy atom. The number of benzene rings is 1. The van der Waals surface area contributed by atoms with Crippen LogP contribution in [0.2, 0.25) is 10.0 Å². The fourth-order valence-electron chi connectivity index (χ4n) is 3.48. The molecule has 3 heterocycles. The van der Waals surface area contributed by atoms with E-state index in [9.17, 15) is 5.11 Å². The fourth-order valence-corrected chi connectivity index (χ4v) is 3.96. The third kappa shape index (κ3) is 2.79. The molecule has 0 radical (unpaired) electrons. The summed E-state index contributed by atoms with van der Waals surface area (Å²) >= 11 is 12.5. The van der Waals surface area contributed by atoms with Crippen LogP contribution in [0, 0.1) is 0 Å². The van der Waals surface area contributed by atoms with Gasteiger partial charge in [0, 0.05) is 36.2 Å². The van der Waals surface area contributed by atoms with Gasteiger partial charge in [-0.15, -0.1) is 0 Å². The number of nitrogens with zero attached hydrogens (tertiary/aromatic N) is 4. The standard InChI is InChI=1S/C19H20Cl2N4O/c1-19(2,3)25-10-12(7-23-25)14-8-22-16-6-11(9-24(14)16)17-15(26)5-4-13(20)18(17)21/h4-5,7-8,10-11,26H,6,9H2,1-3H3. The number of hydrogen-bond donors (Lipinski definition) is 1. The molecule has 0 saturated carbocycles. The Kier molecular flexibility index (Phi) is 4.04. The van der Waals surface area contributed by atoms with Gasteiger partial charge in [0.25, 0.3) is 0 Å². The first-order chi connectivity index (χ1) is 12.3. The van der Waals surface area contributed by atoms with E-state index in [4.69, 9.17) is 23.2 Å². The predicted octanol–water partition coefficient (Wildman–Crippen LogP) is 4.85. The van der Waals surface area contributed by atoms with Crippen molar-refractivity contribution in [1.29, 1.82) is 0 Å². The zero-order chi connectivity index (χ0) is 18.6. The molecule has 0 fully saturated rings. The number of phenolic OH excluding ortho intramolecular Hbond substituents is 1. The molecule has 0 aliphatic carbocycles. The van der Waals surface area contributed by atoms with Gasteiger partial charge in [0.15, 0.2) is 0 Å². The quantitative estimate of drug-likeness (QED) is 0.679. The molecule has 1 aromatic carbocycles. The van der Waals surface area contributed by atoms with Crippen molar-refractivity contribution in [3.63, 3.8) is 0 Å². The average Bonchev–Trinajstić information content (AvgIpc) is 3.25. The van der Waals surface area contributed by atoms with E-state index in [2.05, 4.69) is 35.4 Å². The highest BCUT2D eigenvalue weighted by atomic mass is 35.5. The van der Waals surface area contributed by atoms with E-state index >= 15 is 0 Å². The minimum absolute atomic E-state index is 0.0429. The summed E-state index contributed by atoms with van der Waals surface area (Å²) in [5, 5.41) is 15.6. The molecule has 3 aromatic rings. The van der Waals surface area contributed by atoms with Gasteiger partial charge in [-0.25, -0.2) is 4.98 Å². The second kappa shape index (κ2) is 6.03. The molecule has 0 spiro atoms. The summed E-state index contributed by atoms with van der Waals surface area (Å²) in [7, 11) is 0. The lowest BCUT2D eigenvalue weighted by molar-refractivity contribution is 0.355. The van der Waals surface area contributed by atoms with E-state index in [1.807, 2.05) is 23.3 Å². The SMILES string of the molecule is CC(C)(C)n1cc(-c2cnc3n2CC(c2c(O)ccc(Cl)c2Cl)C3)cn1. The Morgan fingerprint density at radius 3 is 2.65 bits per heavy atom. The van der Waals surface area contributed by atoms with Crippen LogP contribution in [0.4, 0.5) is 0 Å². The molecule has 1 aliphatic rings. The maximum absolute atomic E-state index is 10.3. The van der Waals surface area contributed by atoms with E-state index in [1.165, 1.54) is 0 Å². The molecule has 4 rings (SSSR count). The third-order valence-corrected chi connectivity index (χ3v) is 5.67. The number of hydrogen-bond acceptors (Lipinski definition) is 3. The van der Waals surface area contributed by atoms with Crippen molar-refractivity contribution in [2.24, 2.45) is 0 Å². The van der Waals surface area contributed by atoms with Gasteiger partial charge in [-0.3, -0.25) is 4.68 Å². The normalized spacial score (nSPS) is 16.9. The van der Waals surface area contributed by atoms with Crippen molar-refractivity contribution in [2.45, 2.75) is 45.2 Å². The number of imidazole rings is 1. The van der Waals surface area contributed by atoms with Gasteiger partial charge in [0.2, 0.25) is 0 Å². The van der Waals surface area contributed by atoms with Crippen LogP contribution in [0.3, 0.4) is 0 Å². The van der Waals surface area contributed by atoms with Gasteiger partial charge in [-0.2, -0.15) is 5.10 Å². The summed E-state index contributed by atoms with van der Waals surface area (Å²) < 4.78 is 4.12. The van der Waals surface area contributed by atoms with Crippen LogP contribution < -0.4 is 0 Å². The van der Waals surface area contributed by atoms with E-state index in [-0.39, 0.29) is 17.2 Å². The number of halogens is 2. The summed E-state index contributed by atoms with van der Waals surface area (Å²) in [6.07, 6.45) is 6.50. The lowest BCUT2D eigenvalue weighted by atomic mass is 9.96. The zero-order valence-electron chi connectivity index (χ0n) is 14.9. The molecule has 0 saturated heterocycles. The summed E-state index contributed by atoms with van der Waals surface area (Å²) in [5.41, 5.74) is 2.67. The maximum atomic E-state index is 10.3. The summed E-state index contributed by atoms with van der Waals surface area (Å²) in [4.78, 5) is 4.57. The Balaban J connectivity index is 1.68. The minimum Gasteiger partial charge on any atom is -0.508 e. The van der Waals surface area contributed by atoms with Crippen molar-refractivity contribution in [1.82, 2.24) is 19.3 Å². The number of phenols is 1. The highest BCUT2D eigenvalue weighted by Crippen LogP contribution is 2.42. The lowest BCUT2D eigenvalue weighted by Crippen LogP contribution is -2.21. The number of rotatable bonds is 2. The summed E-state index contributed by atoms with van der Waals surface area (Å²) in [6, 6.07) is 3.21. The summed E-state index contributed by atoms with van der Waals surface area (Å²) in [5.74, 6) is 1.20. The molecule has 1 unspecified atom stereocenters. The molecule has 26 heavy (non-hydrogen) atoms. The zero-order valence-corrected chi connectivity index (χ0v) is 16.4. The topological polar surface area (TPSA) is 55.9 Å². The van der Waals surface area contributed by atoms with E-state index in [1.54, 1.807) is 12.1 Å². The number of aromatic hydroxyl groups is 1. The fraction of sp³-hybridized carbons (Fsp3) is 0.368. The summed E-state index contributed by atoms with van der Waals surface area (Å²) in [6.45, 7) is 7.04. The third-order valence-electron chi connectivity index (χ3n) is 4.85. The Labute approximate surface area is 162 Å². The van der Waals surface area contributed by atoms with Gasteiger partial charge in [-0.1, -0.05) is 23.2 Å². The van der Waals surface area contributed by atoms with Crippen molar-refractivity contribution >= 4 is 23.2 Å². The second-order valence-corrected chi connectivity index (χ2v) is 8.50. The number of fused-ring (bicyclic) bond motifs is 1. The predicted molar refractivity (Wildman–Crippen MR) is 103 cm³/mol. The molecule has 0 amide bonds. The Bertz CT molecular complexity index is 984. The largest absolute Gasteiger partial charge is 0.508 e. The van der Waals surface area contributed by atoms with E-state index < -0.39 is 0 Å². The van der Waals surface area contributed by atoms with Crippen LogP contribution in [0.15, 0.2) is 30.7 Å². The van der Waals surface area contributed by atoms with Gasteiger partial charge >= 0.3 is 0 Å². The highest BCUT2D eigenvalue weighted by molar-refractivity contribution is 6.42. The molecular weight excluding hydrogens is 371 g/mol. The monoisotopic (exact) mass is 390 g/mol. The lowest BCUT2D eigenvalue weighted by Gasteiger charge is -2.18. The Hall–Kier alpha value is -1.98. The van der Waals surface area contributed by atoms with Crippen LogP contribution in [-0.4, -0.2) is 24.4 Å². The molecule has 1 N–H and O–H groups in total. The number of aromatic nitrogens is 4. The van der Waals surface area contributed by atoms with Crippen molar-refractivity contribution in [3.05, 3.63) is 52.2 Å². The van der Waals surface area contributed by atoms with Crippen molar-refractivity contribution in [2.75, 3.05) is 0 Å².